The largest absolute Gasteiger partial charge is 0.327 e. The van der Waals surface area contributed by atoms with Crippen LogP contribution in [0.25, 0.3) is 11.0 Å². The summed E-state index contributed by atoms with van der Waals surface area (Å²) in [5.41, 5.74) is 2.30. The normalized spacial score (nSPS) is 11.6. The number of halogens is 1. The molecule has 0 bridgehead atoms. The average molecular weight is 324 g/mol. The Hall–Kier alpha value is -0.870. The minimum atomic E-state index is 0.665. The van der Waals surface area contributed by atoms with Crippen molar-refractivity contribution in [3.05, 3.63) is 28.5 Å². The molecular formula is C15H22BrN3. The third kappa shape index (κ3) is 3.57. The number of fused-ring (bicyclic) bond motifs is 1. The highest BCUT2D eigenvalue weighted by Gasteiger charge is 2.10. The summed E-state index contributed by atoms with van der Waals surface area (Å²) >= 11 is 3.51. The quantitative estimate of drug-likeness (QED) is 0.872. The second-order valence-corrected chi connectivity index (χ2v) is 6.25. The number of hydrogen-bond donors (Lipinski definition) is 1. The van der Waals surface area contributed by atoms with Gasteiger partial charge in [-0.15, -0.1) is 0 Å². The molecule has 1 heterocycles. The van der Waals surface area contributed by atoms with Crippen molar-refractivity contribution in [2.45, 2.75) is 40.3 Å². The number of nitrogens with zero attached hydrogens (tertiary/aromatic N) is 2. The van der Waals surface area contributed by atoms with Crippen molar-refractivity contribution in [2.75, 3.05) is 6.54 Å². The molecule has 0 fully saturated rings. The molecule has 0 aliphatic carbocycles. The second kappa shape index (κ2) is 6.53. The van der Waals surface area contributed by atoms with Gasteiger partial charge >= 0.3 is 0 Å². The highest BCUT2D eigenvalue weighted by Crippen LogP contribution is 2.21. The summed E-state index contributed by atoms with van der Waals surface area (Å²) in [4.78, 5) is 4.76. The molecule has 19 heavy (non-hydrogen) atoms. The van der Waals surface area contributed by atoms with E-state index in [1.165, 1.54) is 5.52 Å². The molecule has 0 spiro atoms. The van der Waals surface area contributed by atoms with Crippen molar-refractivity contribution >= 4 is 27.0 Å². The maximum absolute atomic E-state index is 4.76. The Morgan fingerprint density at radius 1 is 1.37 bits per heavy atom. The Morgan fingerprint density at radius 3 is 2.84 bits per heavy atom. The molecule has 1 aromatic heterocycles. The Morgan fingerprint density at radius 2 is 2.16 bits per heavy atom. The van der Waals surface area contributed by atoms with E-state index >= 15 is 0 Å². The maximum Gasteiger partial charge on any atom is 0.123 e. The van der Waals surface area contributed by atoms with Crippen LogP contribution in [-0.2, 0) is 13.1 Å². The van der Waals surface area contributed by atoms with Crippen LogP contribution in [0.15, 0.2) is 22.7 Å². The van der Waals surface area contributed by atoms with Gasteiger partial charge in [0.05, 0.1) is 17.6 Å². The SMILES string of the molecule is CCCn1c(CNCC(C)C)nc2cc(Br)ccc21. The van der Waals surface area contributed by atoms with Crippen LogP contribution in [0, 0.1) is 5.92 Å². The molecule has 0 atom stereocenters. The van der Waals surface area contributed by atoms with Gasteiger partial charge in [-0.05, 0) is 37.1 Å². The van der Waals surface area contributed by atoms with Crippen LogP contribution in [0.4, 0.5) is 0 Å². The molecule has 0 aliphatic rings. The lowest BCUT2D eigenvalue weighted by atomic mass is 10.2. The lowest BCUT2D eigenvalue weighted by molar-refractivity contribution is 0.528. The topological polar surface area (TPSA) is 29.9 Å². The van der Waals surface area contributed by atoms with Crippen molar-refractivity contribution in [1.29, 1.82) is 0 Å². The van der Waals surface area contributed by atoms with E-state index in [4.69, 9.17) is 4.98 Å². The monoisotopic (exact) mass is 323 g/mol. The predicted octanol–water partition coefficient (Wildman–Crippen LogP) is 3.95. The van der Waals surface area contributed by atoms with Gasteiger partial charge in [0.25, 0.3) is 0 Å². The van der Waals surface area contributed by atoms with Gasteiger partial charge in [-0.2, -0.15) is 0 Å². The number of aromatic nitrogens is 2. The number of benzene rings is 1. The molecule has 0 amide bonds. The first kappa shape index (κ1) is 14.5. The van der Waals surface area contributed by atoms with Gasteiger partial charge in [-0.3, -0.25) is 0 Å². The molecule has 0 radical (unpaired) electrons. The van der Waals surface area contributed by atoms with E-state index in [1.807, 2.05) is 0 Å². The zero-order chi connectivity index (χ0) is 13.8. The van der Waals surface area contributed by atoms with E-state index in [9.17, 15) is 0 Å². The van der Waals surface area contributed by atoms with Gasteiger partial charge < -0.3 is 9.88 Å². The van der Waals surface area contributed by atoms with Crippen molar-refractivity contribution in [3.63, 3.8) is 0 Å². The smallest absolute Gasteiger partial charge is 0.123 e. The fraction of sp³-hybridized carbons (Fsp3) is 0.533. The fourth-order valence-corrected chi connectivity index (χ4v) is 2.58. The van der Waals surface area contributed by atoms with Crippen molar-refractivity contribution < 1.29 is 0 Å². The summed E-state index contributed by atoms with van der Waals surface area (Å²) in [5, 5.41) is 3.48. The summed E-state index contributed by atoms with van der Waals surface area (Å²) in [6, 6.07) is 6.32. The molecular weight excluding hydrogens is 302 g/mol. The van der Waals surface area contributed by atoms with Crippen molar-refractivity contribution in [3.8, 4) is 0 Å². The summed E-state index contributed by atoms with van der Waals surface area (Å²) in [6.07, 6.45) is 1.12. The van der Waals surface area contributed by atoms with Crippen LogP contribution in [-0.4, -0.2) is 16.1 Å². The van der Waals surface area contributed by atoms with E-state index in [-0.39, 0.29) is 0 Å². The highest BCUT2D eigenvalue weighted by atomic mass is 79.9. The molecule has 0 saturated carbocycles. The Labute approximate surface area is 123 Å². The average Bonchev–Trinajstić information content (AvgIpc) is 2.67. The van der Waals surface area contributed by atoms with Gasteiger partial charge in [0.1, 0.15) is 5.82 Å². The van der Waals surface area contributed by atoms with Gasteiger partial charge in [-0.1, -0.05) is 36.7 Å². The molecule has 4 heteroatoms. The summed E-state index contributed by atoms with van der Waals surface area (Å²) in [5.74, 6) is 1.80. The third-order valence-corrected chi connectivity index (χ3v) is 3.57. The number of imidazole rings is 1. The molecule has 2 rings (SSSR count). The minimum Gasteiger partial charge on any atom is -0.327 e. The van der Waals surface area contributed by atoms with E-state index in [0.717, 1.165) is 41.9 Å². The summed E-state index contributed by atoms with van der Waals surface area (Å²) in [6.45, 7) is 9.54. The number of hydrogen-bond acceptors (Lipinski definition) is 2. The Kier molecular flexibility index (Phi) is 4.99. The summed E-state index contributed by atoms with van der Waals surface area (Å²) < 4.78 is 3.41. The van der Waals surface area contributed by atoms with E-state index in [2.05, 4.69) is 64.8 Å². The molecule has 104 valence electrons. The molecule has 0 unspecified atom stereocenters. The first-order valence-electron chi connectivity index (χ1n) is 6.97. The molecule has 0 saturated heterocycles. The standard InChI is InChI=1S/C15H22BrN3/c1-4-7-19-14-6-5-12(16)8-13(14)18-15(19)10-17-9-11(2)3/h5-6,8,11,17H,4,7,9-10H2,1-3H3. The second-order valence-electron chi connectivity index (χ2n) is 5.34. The van der Waals surface area contributed by atoms with Crippen molar-refractivity contribution in [2.24, 2.45) is 5.92 Å². The van der Waals surface area contributed by atoms with Crippen LogP contribution in [0.1, 0.15) is 33.0 Å². The van der Waals surface area contributed by atoms with Crippen LogP contribution in [0.5, 0.6) is 0 Å². The van der Waals surface area contributed by atoms with Crippen LogP contribution in [0.3, 0.4) is 0 Å². The lowest BCUT2D eigenvalue weighted by Crippen LogP contribution is -2.21. The first-order valence-corrected chi connectivity index (χ1v) is 7.76. The highest BCUT2D eigenvalue weighted by molar-refractivity contribution is 9.10. The lowest BCUT2D eigenvalue weighted by Gasteiger charge is -2.10. The molecule has 1 N–H and O–H groups in total. The minimum absolute atomic E-state index is 0.665. The number of rotatable bonds is 6. The molecule has 2 aromatic rings. The van der Waals surface area contributed by atoms with Gasteiger partial charge in [-0.25, -0.2) is 4.98 Å². The number of nitrogens with one attached hydrogen (secondary N) is 1. The predicted molar refractivity (Wildman–Crippen MR) is 84.3 cm³/mol. The molecule has 0 aliphatic heterocycles. The van der Waals surface area contributed by atoms with Crippen molar-refractivity contribution in [1.82, 2.24) is 14.9 Å². The maximum atomic E-state index is 4.76. The van der Waals surface area contributed by atoms with Crippen LogP contribution >= 0.6 is 15.9 Å². The van der Waals surface area contributed by atoms with E-state index in [1.54, 1.807) is 0 Å². The Bertz CT molecular complexity index is 546. The van der Waals surface area contributed by atoms with Crippen LogP contribution in [0.2, 0.25) is 0 Å². The number of aryl methyl sites for hydroxylation is 1. The van der Waals surface area contributed by atoms with E-state index < -0.39 is 0 Å². The van der Waals surface area contributed by atoms with E-state index in [0.29, 0.717) is 5.92 Å². The molecule has 1 aromatic carbocycles. The van der Waals surface area contributed by atoms with Gasteiger partial charge in [0, 0.05) is 11.0 Å². The fourth-order valence-electron chi connectivity index (χ4n) is 2.23. The zero-order valence-electron chi connectivity index (χ0n) is 11.9. The first-order chi connectivity index (χ1) is 9.11. The Balaban J connectivity index is 2.27. The zero-order valence-corrected chi connectivity index (χ0v) is 13.5. The van der Waals surface area contributed by atoms with Gasteiger partial charge in [0.15, 0.2) is 0 Å². The molecule has 3 nitrogen and oxygen atoms in total. The third-order valence-electron chi connectivity index (χ3n) is 3.07. The van der Waals surface area contributed by atoms with Gasteiger partial charge in [0.2, 0.25) is 0 Å². The van der Waals surface area contributed by atoms with Crippen LogP contribution < -0.4 is 5.32 Å². The summed E-state index contributed by atoms with van der Waals surface area (Å²) in [7, 11) is 0.